The average Bonchev–Trinajstić information content (AvgIpc) is 3.99. The summed E-state index contributed by atoms with van der Waals surface area (Å²) >= 11 is 0. The van der Waals surface area contributed by atoms with E-state index in [9.17, 15) is 37.5 Å². The first-order chi connectivity index (χ1) is 24.6. The van der Waals surface area contributed by atoms with Crippen LogP contribution in [0.3, 0.4) is 0 Å². The van der Waals surface area contributed by atoms with Crippen molar-refractivity contribution in [1.82, 2.24) is 25.2 Å². The zero-order chi connectivity index (χ0) is 37.4. The van der Waals surface area contributed by atoms with Crippen LogP contribution < -0.4 is 15.4 Å². The van der Waals surface area contributed by atoms with Crippen molar-refractivity contribution >= 4 is 39.9 Å². The molecular formula is C36H49N5O10S. The highest BCUT2D eigenvalue weighted by molar-refractivity contribution is 7.91. The predicted octanol–water partition coefficient (Wildman–Crippen LogP) is 2.54. The molecule has 5 aliphatic rings. The number of carbonyl (C=O) groups excluding carboxylic acids is 5. The van der Waals surface area contributed by atoms with Gasteiger partial charge >= 0.3 is 12.2 Å². The van der Waals surface area contributed by atoms with Crippen LogP contribution in [-0.4, -0.2) is 101 Å². The summed E-state index contributed by atoms with van der Waals surface area (Å²) in [6, 6.07) is 4.94. The first kappa shape index (κ1) is 37.6. The van der Waals surface area contributed by atoms with E-state index in [0.29, 0.717) is 25.7 Å². The van der Waals surface area contributed by atoms with Gasteiger partial charge in [-0.2, -0.15) is 0 Å². The monoisotopic (exact) mass is 743 g/mol. The Morgan fingerprint density at radius 2 is 1.79 bits per heavy atom. The normalized spacial score (nSPS) is 29.7. The Balaban J connectivity index is 1.25. The van der Waals surface area contributed by atoms with E-state index in [4.69, 9.17) is 9.47 Å². The minimum Gasteiger partial charge on any atom is -0.444 e. The number of benzene rings is 1. The fraction of sp³-hybridized carbons (Fsp3) is 0.639. The Labute approximate surface area is 303 Å². The second kappa shape index (κ2) is 14.7. The molecule has 5 amide bonds. The van der Waals surface area contributed by atoms with E-state index >= 15 is 0 Å². The van der Waals surface area contributed by atoms with Crippen molar-refractivity contribution in [3.05, 3.63) is 47.5 Å². The highest BCUT2D eigenvalue weighted by atomic mass is 32.2. The van der Waals surface area contributed by atoms with E-state index in [0.717, 1.165) is 24.0 Å². The number of hydrogen-bond acceptors (Lipinski definition) is 10. The summed E-state index contributed by atoms with van der Waals surface area (Å²) < 4.78 is 39.0. The second-order valence-corrected chi connectivity index (χ2v) is 17.5. The number of aliphatic hydroxyl groups is 1. The summed E-state index contributed by atoms with van der Waals surface area (Å²) in [6.07, 6.45) is 4.29. The number of fused-ring (bicyclic) bond motifs is 3. The van der Waals surface area contributed by atoms with Crippen molar-refractivity contribution in [3.8, 4) is 0 Å². The summed E-state index contributed by atoms with van der Waals surface area (Å²) in [5.74, 6) is -2.60. The number of sulfonamides is 1. The summed E-state index contributed by atoms with van der Waals surface area (Å²) in [6.45, 7) is 5.11. The van der Waals surface area contributed by atoms with Gasteiger partial charge in [0.25, 0.3) is 5.91 Å². The lowest BCUT2D eigenvalue weighted by molar-refractivity contribution is -0.141. The number of nitrogens with one attached hydrogen (secondary N) is 3. The molecule has 284 valence electrons. The number of rotatable bonds is 5. The lowest BCUT2D eigenvalue weighted by atomic mass is 9.98. The van der Waals surface area contributed by atoms with Gasteiger partial charge in [0.1, 0.15) is 29.3 Å². The van der Waals surface area contributed by atoms with E-state index in [1.807, 2.05) is 30.4 Å². The molecule has 15 nitrogen and oxygen atoms in total. The Kier molecular flexibility index (Phi) is 10.6. The van der Waals surface area contributed by atoms with Crippen LogP contribution in [0, 0.1) is 5.92 Å². The van der Waals surface area contributed by atoms with Gasteiger partial charge in [0.15, 0.2) is 0 Å². The molecule has 0 bridgehead atoms. The van der Waals surface area contributed by atoms with Crippen LogP contribution in [0.1, 0.15) is 95.8 Å². The third-order valence-corrected chi connectivity index (χ3v) is 12.0. The lowest BCUT2D eigenvalue weighted by Gasteiger charge is -2.32. The van der Waals surface area contributed by atoms with Gasteiger partial charge < -0.3 is 35.0 Å². The second-order valence-electron chi connectivity index (χ2n) is 15.6. The molecule has 3 fully saturated rings. The highest BCUT2D eigenvalue weighted by Gasteiger charge is 2.62. The van der Waals surface area contributed by atoms with Crippen LogP contribution in [0.15, 0.2) is 36.4 Å². The largest absolute Gasteiger partial charge is 0.444 e. The Morgan fingerprint density at radius 3 is 2.52 bits per heavy atom. The number of ether oxygens (including phenoxy) is 2. The highest BCUT2D eigenvalue weighted by Crippen LogP contribution is 2.46. The van der Waals surface area contributed by atoms with E-state index in [2.05, 4.69) is 15.4 Å². The van der Waals surface area contributed by atoms with Crippen LogP contribution in [0.2, 0.25) is 0 Å². The average molecular weight is 744 g/mol. The summed E-state index contributed by atoms with van der Waals surface area (Å²) in [4.78, 5) is 71.1. The van der Waals surface area contributed by atoms with Crippen LogP contribution >= 0.6 is 0 Å². The van der Waals surface area contributed by atoms with Crippen LogP contribution in [0.5, 0.6) is 0 Å². The molecule has 1 aromatic carbocycles. The topological polar surface area (TPSA) is 201 Å². The van der Waals surface area contributed by atoms with E-state index < -0.39 is 86.5 Å². The molecule has 16 heteroatoms. The molecule has 4 N–H and O–H groups in total. The molecule has 3 aliphatic heterocycles. The maximum absolute atomic E-state index is 14.3. The third-order valence-electron chi connectivity index (χ3n) is 10.2. The smallest absolute Gasteiger partial charge is 0.410 e. The third kappa shape index (κ3) is 8.54. The first-order valence-corrected chi connectivity index (χ1v) is 19.7. The number of allylic oxidation sites excluding steroid dienone is 1. The SMILES string of the molecule is CC(C)(C)OC(=O)N[C@@H]1CCCCCC=C[C@@H]2C[C@@]2(C(=O)NS(=O)(=O)C2CC2)NC(=O)[C@@H]2C[C@@H](OC(=O)N3Cc4ccccc4C(O)C3)CN2C1=O. The lowest BCUT2D eigenvalue weighted by Crippen LogP contribution is -2.58. The molecule has 52 heavy (non-hydrogen) atoms. The molecule has 6 rings (SSSR count). The van der Waals surface area contributed by atoms with Gasteiger partial charge in [-0.1, -0.05) is 49.3 Å². The van der Waals surface area contributed by atoms with Gasteiger partial charge in [0.05, 0.1) is 24.4 Å². The van der Waals surface area contributed by atoms with Crippen molar-refractivity contribution in [1.29, 1.82) is 0 Å². The van der Waals surface area contributed by atoms with Gasteiger partial charge in [-0.15, -0.1) is 0 Å². The molecule has 1 saturated heterocycles. The van der Waals surface area contributed by atoms with Crippen molar-refractivity contribution in [2.75, 3.05) is 13.1 Å². The minimum absolute atomic E-state index is 0.00664. The Bertz CT molecular complexity index is 1720. The quantitative estimate of drug-likeness (QED) is 0.325. The zero-order valence-corrected chi connectivity index (χ0v) is 30.7. The van der Waals surface area contributed by atoms with E-state index in [1.54, 1.807) is 26.8 Å². The van der Waals surface area contributed by atoms with E-state index in [1.165, 1.54) is 9.80 Å². The minimum atomic E-state index is -3.92. The number of alkyl carbamates (subject to hydrolysis) is 1. The van der Waals surface area contributed by atoms with Gasteiger partial charge in [0, 0.05) is 18.9 Å². The number of aliphatic hydroxyl groups excluding tert-OH is 1. The van der Waals surface area contributed by atoms with Crippen molar-refractivity contribution in [2.24, 2.45) is 5.92 Å². The fourth-order valence-corrected chi connectivity index (χ4v) is 8.60. The number of nitrogens with zero attached hydrogens (tertiary/aromatic N) is 2. The first-order valence-electron chi connectivity index (χ1n) is 18.1. The van der Waals surface area contributed by atoms with Crippen LogP contribution in [0.25, 0.3) is 0 Å². The van der Waals surface area contributed by atoms with Crippen LogP contribution in [-0.2, 0) is 40.4 Å². The molecule has 0 aromatic heterocycles. The molecule has 2 aliphatic carbocycles. The molecule has 2 saturated carbocycles. The molecule has 1 unspecified atom stereocenters. The van der Waals surface area contributed by atoms with Crippen molar-refractivity contribution in [3.63, 3.8) is 0 Å². The fourth-order valence-electron chi connectivity index (χ4n) is 7.23. The van der Waals surface area contributed by atoms with Crippen molar-refractivity contribution < 1.29 is 47.0 Å². The maximum Gasteiger partial charge on any atom is 0.410 e. The standard InChI is InChI=1S/C36H49N5O10S/c1-35(2,3)51-33(46)37-27-14-8-6-4-5-7-12-23-18-36(23,32(45)39-52(48,49)25-15-16-25)38-30(43)28-17-24(20-41(28)31(27)44)50-34(47)40-19-22-11-9-10-13-26(22)29(42)21-40/h7,9-13,23-25,27-29,42H,4-6,8,14-21H2,1-3H3,(H,37,46)(H,38,43)(H,39,45)/t23-,24-,27-,28+,29?,36-/m1/s1. The van der Waals surface area contributed by atoms with Gasteiger partial charge in [-0.3, -0.25) is 19.1 Å². The van der Waals surface area contributed by atoms with Crippen LogP contribution in [0.4, 0.5) is 9.59 Å². The molecule has 0 spiro atoms. The predicted molar refractivity (Wildman–Crippen MR) is 187 cm³/mol. The molecule has 1 aromatic rings. The summed E-state index contributed by atoms with van der Waals surface area (Å²) in [5.41, 5.74) is -0.895. The number of amides is 5. The summed E-state index contributed by atoms with van der Waals surface area (Å²) in [5, 5.41) is 15.5. The molecule has 0 radical (unpaired) electrons. The molecule has 6 atom stereocenters. The number of carbonyl (C=O) groups is 5. The molecular weight excluding hydrogens is 694 g/mol. The zero-order valence-electron chi connectivity index (χ0n) is 29.8. The van der Waals surface area contributed by atoms with Crippen molar-refractivity contribution in [2.45, 2.75) is 126 Å². The summed E-state index contributed by atoms with van der Waals surface area (Å²) in [7, 11) is -3.92. The van der Waals surface area contributed by atoms with E-state index in [-0.39, 0.29) is 38.9 Å². The number of β-amino-alcohol motifs (C(OH)–C–C–N with tert-alkyl or cyclic N) is 1. The Morgan fingerprint density at radius 1 is 1.04 bits per heavy atom. The van der Waals surface area contributed by atoms with Gasteiger partial charge in [-0.25, -0.2) is 18.0 Å². The van der Waals surface area contributed by atoms with Gasteiger partial charge in [-0.05, 0) is 70.4 Å². The number of hydrogen-bond donors (Lipinski definition) is 4. The Hall–Kier alpha value is -4.18. The maximum atomic E-state index is 14.3. The van der Waals surface area contributed by atoms with Gasteiger partial charge in [0.2, 0.25) is 21.8 Å². The molecule has 3 heterocycles.